The number of primary amides is 1. The molecule has 5 rings (SSSR count). The maximum Gasteiger partial charge on any atom is 0.352 e. The van der Waals surface area contributed by atoms with Gasteiger partial charge in [0.15, 0.2) is 5.82 Å². The van der Waals surface area contributed by atoms with E-state index in [2.05, 4.69) is 15.4 Å². The minimum atomic E-state index is -1.91. The van der Waals surface area contributed by atoms with E-state index in [0.29, 0.717) is 10.7 Å². The van der Waals surface area contributed by atoms with Gasteiger partial charge in [0.05, 0.1) is 16.3 Å². The second-order valence-corrected chi connectivity index (χ2v) is 8.66. The number of amides is 2. The molecule has 0 bridgehead atoms. The Morgan fingerprint density at radius 2 is 1.73 bits per heavy atom. The molecule has 3 heterocycles. The number of nitrogens with one attached hydrogen (secondary N) is 1. The number of halogens is 1. The molecule has 1 atom stereocenters. The van der Waals surface area contributed by atoms with Gasteiger partial charge in [-0.2, -0.15) is 5.10 Å². The molecule has 186 valence electrons. The van der Waals surface area contributed by atoms with Crippen LogP contribution in [0.25, 0.3) is 17.1 Å². The first kappa shape index (κ1) is 24.1. The van der Waals surface area contributed by atoms with Crippen LogP contribution in [0.15, 0.2) is 97.7 Å². The van der Waals surface area contributed by atoms with Gasteiger partial charge in [-0.05, 0) is 29.8 Å². The van der Waals surface area contributed by atoms with Gasteiger partial charge in [-0.15, -0.1) is 0 Å². The lowest BCUT2D eigenvalue weighted by Crippen LogP contribution is -2.61. The average Bonchev–Trinajstić information content (AvgIpc) is 3.60. The highest BCUT2D eigenvalue weighted by atomic mass is 35.5. The molecule has 3 N–H and O–H groups in total. The van der Waals surface area contributed by atoms with Crippen molar-refractivity contribution in [2.24, 2.45) is 5.73 Å². The van der Waals surface area contributed by atoms with Gasteiger partial charge in [-0.1, -0.05) is 60.1 Å². The van der Waals surface area contributed by atoms with Crippen molar-refractivity contribution in [3.8, 4) is 17.1 Å². The zero-order valence-electron chi connectivity index (χ0n) is 19.5. The fourth-order valence-electron chi connectivity index (χ4n) is 4.12. The van der Waals surface area contributed by atoms with Crippen LogP contribution in [0.4, 0.5) is 0 Å². The Kier molecular flexibility index (Phi) is 6.61. The van der Waals surface area contributed by atoms with Crippen LogP contribution in [0.5, 0.6) is 0 Å². The Morgan fingerprint density at radius 3 is 2.46 bits per heavy atom. The predicted molar refractivity (Wildman–Crippen MR) is 136 cm³/mol. The Morgan fingerprint density at radius 1 is 1.00 bits per heavy atom. The summed E-state index contributed by atoms with van der Waals surface area (Å²) in [6.45, 7) is 0. The smallest absolute Gasteiger partial charge is 0.352 e. The standard InChI is InChI=1S/C27H22ClN5O4/c28-21-11-5-4-9-19(21)22-12-14-33(32-22)24-20(10-6-13-30-24)25(34)31-23(17-18-7-2-1-3-8-18)27(26(29)35)36-15-16-37-27/h1-16,23H,17H2,(H2,29,35)(H,31,34). The number of carbonyl (C=O) groups excluding carboxylic acids is 2. The number of nitrogens with zero attached hydrogens (tertiary/aromatic N) is 3. The summed E-state index contributed by atoms with van der Waals surface area (Å²) in [6.07, 6.45) is 5.92. The summed E-state index contributed by atoms with van der Waals surface area (Å²) < 4.78 is 12.5. The molecular weight excluding hydrogens is 494 g/mol. The van der Waals surface area contributed by atoms with Gasteiger partial charge < -0.3 is 20.5 Å². The summed E-state index contributed by atoms with van der Waals surface area (Å²) in [5.74, 6) is -3.01. The van der Waals surface area contributed by atoms with Crippen molar-refractivity contribution in [3.05, 3.63) is 114 Å². The third kappa shape index (κ3) is 4.76. The van der Waals surface area contributed by atoms with Gasteiger partial charge in [-0.3, -0.25) is 9.59 Å². The summed E-state index contributed by atoms with van der Waals surface area (Å²) in [7, 11) is 0. The summed E-state index contributed by atoms with van der Waals surface area (Å²) in [5, 5.41) is 8.00. The lowest BCUT2D eigenvalue weighted by Gasteiger charge is -2.33. The number of rotatable bonds is 8. The van der Waals surface area contributed by atoms with Crippen molar-refractivity contribution in [2.45, 2.75) is 18.2 Å². The summed E-state index contributed by atoms with van der Waals surface area (Å²) in [6, 6.07) is 20.7. The van der Waals surface area contributed by atoms with Crippen molar-refractivity contribution < 1.29 is 19.1 Å². The van der Waals surface area contributed by atoms with Crippen LogP contribution in [0.3, 0.4) is 0 Å². The third-order valence-corrected chi connectivity index (χ3v) is 6.25. The molecule has 1 unspecified atom stereocenters. The first-order valence-electron chi connectivity index (χ1n) is 11.4. The molecule has 9 nitrogen and oxygen atoms in total. The monoisotopic (exact) mass is 515 g/mol. The lowest BCUT2D eigenvalue weighted by molar-refractivity contribution is -0.182. The molecule has 37 heavy (non-hydrogen) atoms. The molecule has 0 saturated carbocycles. The summed E-state index contributed by atoms with van der Waals surface area (Å²) >= 11 is 6.32. The molecule has 0 saturated heterocycles. The van der Waals surface area contributed by atoms with Crippen molar-refractivity contribution in [1.82, 2.24) is 20.1 Å². The van der Waals surface area contributed by atoms with Crippen LogP contribution in [-0.2, 0) is 20.7 Å². The van der Waals surface area contributed by atoms with Crippen LogP contribution in [0.2, 0.25) is 5.02 Å². The predicted octanol–water partition coefficient (Wildman–Crippen LogP) is 3.63. The molecule has 0 spiro atoms. The number of benzene rings is 2. The molecule has 2 aromatic heterocycles. The van der Waals surface area contributed by atoms with Crippen molar-refractivity contribution >= 4 is 23.4 Å². The third-order valence-electron chi connectivity index (χ3n) is 5.92. The van der Waals surface area contributed by atoms with E-state index in [1.54, 1.807) is 36.7 Å². The Labute approximate surface area is 217 Å². The average molecular weight is 516 g/mol. The summed E-state index contributed by atoms with van der Waals surface area (Å²) in [4.78, 5) is 30.4. The van der Waals surface area contributed by atoms with Crippen molar-refractivity contribution in [1.29, 1.82) is 0 Å². The number of ether oxygens (including phenoxy) is 2. The van der Waals surface area contributed by atoms with Crippen LogP contribution < -0.4 is 11.1 Å². The van der Waals surface area contributed by atoms with Crippen LogP contribution in [0.1, 0.15) is 15.9 Å². The number of aromatic nitrogens is 3. The zero-order valence-corrected chi connectivity index (χ0v) is 20.2. The molecular formula is C27H22ClN5O4. The van der Waals surface area contributed by atoms with E-state index in [9.17, 15) is 9.59 Å². The van der Waals surface area contributed by atoms with E-state index in [4.69, 9.17) is 26.8 Å². The molecule has 2 amide bonds. The Bertz CT molecular complexity index is 1460. The van der Waals surface area contributed by atoms with E-state index in [1.165, 1.54) is 17.2 Å². The molecule has 1 aliphatic heterocycles. The minimum Gasteiger partial charge on any atom is -0.447 e. The van der Waals surface area contributed by atoms with Gasteiger partial charge >= 0.3 is 11.7 Å². The molecule has 0 fully saturated rings. The largest absolute Gasteiger partial charge is 0.447 e. The second kappa shape index (κ2) is 10.2. The zero-order chi connectivity index (χ0) is 25.8. The Balaban J connectivity index is 1.47. The quantitative estimate of drug-likeness (QED) is 0.369. The molecule has 2 aromatic carbocycles. The van der Waals surface area contributed by atoms with Crippen LogP contribution in [0, 0.1) is 0 Å². The van der Waals surface area contributed by atoms with Gasteiger partial charge in [0.2, 0.25) is 0 Å². The SMILES string of the molecule is NC(=O)C1(C(Cc2ccccc2)NC(=O)c2cccnc2-n2ccc(-c3ccccc3Cl)n2)OC=CO1. The number of pyridine rings is 1. The highest BCUT2D eigenvalue weighted by Gasteiger charge is 2.51. The van der Waals surface area contributed by atoms with Gasteiger partial charge in [0, 0.05) is 24.4 Å². The molecule has 4 aromatic rings. The van der Waals surface area contributed by atoms with E-state index in [0.717, 1.165) is 11.1 Å². The molecule has 10 heteroatoms. The maximum atomic E-state index is 13.6. The van der Waals surface area contributed by atoms with E-state index in [1.807, 2.05) is 48.5 Å². The van der Waals surface area contributed by atoms with Gasteiger partial charge in [-0.25, -0.2) is 9.67 Å². The number of hydrogen-bond acceptors (Lipinski definition) is 6. The normalized spacial score (nSPS) is 14.4. The second-order valence-electron chi connectivity index (χ2n) is 8.26. The topological polar surface area (TPSA) is 121 Å². The maximum absolute atomic E-state index is 13.6. The number of hydrogen-bond donors (Lipinski definition) is 2. The fraction of sp³-hybridized carbons (Fsp3) is 0.111. The molecule has 1 aliphatic rings. The van der Waals surface area contributed by atoms with Gasteiger partial charge in [0.25, 0.3) is 5.91 Å². The first-order chi connectivity index (χ1) is 18.0. The first-order valence-corrected chi connectivity index (χ1v) is 11.8. The minimum absolute atomic E-state index is 0.214. The highest BCUT2D eigenvalue weighted by Crippen LogP contribution is 2.29. The molecule has 0 aliphatic carbocycles. The van der Waals surface area contributed by atoms with Crippen LogP contribution >= 0.6 is 11.6 Å². The van der Waals surface area contributed by atoms with Gasteiger partial charge in [0.1, 0.15) is 18.6 Å². The van der Waals surface area contributed by atoms with Crippen molar-refractivity contribution in [2.75, 3.05) is 0 Å². The highest BCUT2D eigenvalue weighted by molar-refractivity contribution is 6.33. The van der Waals surface area contributed by atoms with Crippen LogP contribution in [-0.4, -0.2) is 38.4 Å². The van der Waals surface area contributed by atoms with E-state index < -0.39 is 23.6 Å². The Hall–Kier alpha value is -4.63. The van der Waals surface area contributed by atoms with Crippen molar-refractivity contribution in [3.63, 3.8) is 0 Å². The summed E-state index contributed by atoms with van der Waals surface area (Å²) in [5.41, 5.74) is 8.11. The fourth-order valence-corrected chi connectivity index (χ4v) is 4.35. The van der Waals surface area contributed by atoms with E-state index in [-0.39, 0.29) is 17.8 Å². The van der Waals surface area contributed by atoms with E-state index >= 15 is 0 Å². The molecule has 0 radical (unpaired) electrons. The lowest BCUT2D eigenvalue weighted by atomic mass is 9.97. The number of carbonyl (C=O) groups is 2. The number of nitrogens with two attached hydrogens (primary N) is 1.